The van der Waals surface area contributed by atoms with Crippen molar-refractivity contribution in [1.29, 1.82) is 0 Å². The van der Waals surface area contributed by atoms with Crippen molar-refractivity contribution in [1.82, 2.24) is 24.8 Å². The molecule has 1 saturated carbocycles. The Morgan fingerprint density at radius 1 is 1.09 bits per heavy atom. The summed E-state index contributed by atoms with van der Waals surface area (Å²) in [5.41, 5.74) is 1.02. The number of carboxylic acid groups (broad SMARTS) is 1. The van der Waals surface area contributed by atoms with Gasteiger partial charge in [0.15, 0.2) is 0 Å². The number of carboxylic acids is 1. The summed E-state index contributed by atoms with van der Waals surface area (Å²) in [7, 11) is 4.08. The van der Waals surface area contributed by atoms with Gasteiger partial charge in [-0.2, -0.15) is 13.2 Å². The lowest BCUT2D eigenvalue weighted by Gasteiger charge is -2.34. The van der Waals surface area contributed by atoms with Gasteiger partial charge in [-0.15, -0.1) is 5.10 Å². The van der Waals surface area contributed by atoms with Gasteiger partial charge in [0.2, 0.25) is 5.91 Å². The van der Waals surface area contributed by atoms with Crippen LogP contribution in [0, 0.1) is 11.8 Å². The summed E-state index contributed by atoms with van der Waals surface area (Å²) in [6.07, 6.45) is 6.42. The normalized spacial score (nSPS) is 18.8. The first-order valence-corrected chi connectivity index (χ1v) is 11.2. The molecule has 0 aromatic carbocycles. The van der Waals surface area contributed by atoms with Gasteiger partial charge in [0.25, 0.3) is 0 Å². The van der Waals surface area contributed by atoms with E-state index < -0.39 is 12.1 Å². The van der Waals surface area contributed by atoms with E-state index in [-0.39, 0.29) is 0 Å². The van der Waals surface area contributed by atoms with Crippen LogP contribution in [0.25, 0.3) is 0 Å². The standard InChI is InChI=1S/C19H33N5O.C2HF3O2/c1-22(2)14-18-15-24(21-20-18)13-16-9-11-23(12-10-16)19(25)17-7-5-3-4-6-8-17;3-2(4,5)1(6)7/h15-17H,3-14H2,1-2H3;(H,6,7). The van der Waals surface area contributed by atoms with Gasteiger partial charge in [0.1, 0.15) is 0 Å². The molecule has 2 fully saturated rings. The first-order chi connectivity index (χ1) is 15.1. The fraction of sp³-hybridized carbons (Fsp3) is 0.810. The number of rotatable bonds is 5. The zero-order chi connectivity index (χ0) is 23.7. The molecule has 1 aromatic heterocycles. The molecule has 1 amide bonds. The van der Waals surface area contributed by atoms with E-state index in [1.54, 1.807) is 0 Å². The average molecular weight is 462 g/mol. The van der Waals surface area contributed by atoms with Crippen molar-refractivity contribution in [3.8, 4) is 0 Å². The van der Waals surface area contributed by atoms with Gasteiger partial charge < -0.3 is 14.9 Å². The number of aromatic nitrogens is 3. The number of hydrogen-bond donors (Lipinski definition) is 1. The molecule has 11 heteroatoms. The van der Waals surface area contributed by atoms with Crippen LogP contribution in [-0.2, 0) is 22.7 Å². The van der Waals surface area contributed by atoms with Crippen LogP contribution in [0.4, 0.5) is 13.2 Å². The van der Waals surface area contributed by atoms with E-state index in [1.165, 1.54) is 25.7 Å². The zero-order valence-corrected chi connectivity index (χ0v) is 18.9. The summed E-state index contributed by atoms with van der Waals surface area (Å²) in [6, 6.07) is 0. The third kappa shape index (κ3) is 8.76. The molecule has 32 heavy (non-hydrogen) atoms. The van der Waals surface area contributed by atoms with Crippen molar-refractivity contribution < 1.29 is 27.9 Å². The van der Waals surface area contributed by atoms with Crippen LogP contribution in [0.3, 0.4) is 0 Å². The quantitative estimate of drug-likeness (QED) is 0.678. The van der Waals surface area contributed by atoms with Crippen molar-refractivity contribution in [2.75, 3.05) is 27.2 Å². The Kier molecular flexibility index (Phi) is 9.92. The van der Waals surface area contributed by atoms with Crippen LogP contribution < -0.4 is 0 Å². The van der Waals surface area contributed by atoms with Gasteiger partial charge in [-0.1, -0.05) is 30.9 Å². The lowest BCUT2D eigenvalue weighted by molar-refractivity contribution is -0.192. The Labute approximate surface area is 186 Å². The molecule has 1 aliphatic carbocycles. The number of nitrogens with zero attached hydrogens (tertiary/aromatic N) is 5. The average Bonchev–Trinajstić information content (AvgIpc) is 2.98. The predicted octanol–water partition coefficient (Wildman–Crippen LogP) is 3.18. The van der Waals surface area contributed by atoms with E-state index in [2.05, 4.69) is 26.3 Å². The number of alkyl halides is 3. The minimum atomic E-state index is -5.08. The largest absolute Gasteiger partial charge is 0.490 e. The Hall–Kier alpha value is -2.17. The molecule has 1 saturated heterocycles. The maximum absolute atomic E-state index is 12.8. The lowest BCUT2D eigenvalue weighted by atomic mass is 9.93. The predicted molar refractivity (Wildman–Crippen MR) is 112 cm³/mol. The fourth-order valence-electron chi connectivity index (χ4n) is 4.21. The minimum Gasteiger partial charge on any atom is -0.475 e. The molecule has 0 spiro atoms. The lowest BCUT2D eigenvalue weighted by Crippen LogP contribution is -2.42. The van der Waals surface area contributed by atoms with Gasteiger partial charge in [0.05, 0.1) is 5.69 Å². The van der Waals surface area contributed by atoms with E-state index in [4.69, 9.17) is 9.90 Å². The summed E-state index contributed by atoms with van der Waals surface area (Å²) in [5.74, 6) is -1.43. The highest BCUT2D eigenvalue weighted by atomic mass is 19.4. The number of amides is 1. The molecule has 8 nitrogen and oxygen atoms in total. The third-order valence-corrected chi connectivity index (χ3v) is 5.88. The van der Waals surface area contributed by atoms with Crippen LogP contribution in [0.5, 0.6) is 0 Å². The number of carbonyl (C=O) groups excluding carboxylic acids is 1. The molecule has 0 unspecified atom stereocenters. The van der Waals surface area contributed by atoms with Gasteiger partial charge in [-0.3, -0.25) is 9.48 Å². The second-order valence-electron chi connectivity index (χ2n) is 8.93. The van der Waals surface area contributed by atoms with Gasteiger partial charge in [0, 0.05) is 38.3 Å². The molecule has 182 valence electrons. The van der Waals surface area contributed by atoms with E-state index in [1.807, 2.05) is 18.8 Å². The van der Waals surface area contributed by atoms with Crippen molar-refractivity contribution in [3.05, 3.63) is 11.9 Å². The second-order valence-corrected chi connectivity index (χ2v) is 8.93. The first kappa shape index (κ1) is 26.1. The van der Waals surface area contributed by atoms with Crippen molar-refractivity contribution >= 4 is 11.9 Å². The highest BCUT2D eigenvalue weighted by molar-refractivity contribution is 5.79. The van der Waals surface area contributed by atoms with Gasteiger partial charge in [-0.05, 0) is 45.7 Å². The highest BCUT2D eigenvalue weighted by Gasteiger charge is 2.38. The van der Waals surface area contributed by atoms with E-state index in [0.29, 0.717) is 17.7 Å². The maximum atomic E-state index is 12.8. The number of piperidine rings is 1. The topological polar surface area (TPSA) is 91.6 Å². The Bertz CT molecular complexity index is 723. The second kappa shape index (κ2) is 12.2. The molecule has 3 rings (SSSR count). The summed E-state index contributed by atoms with van der Waals surface area (Å²) in [5, 5.41) is 15.6. The maximum Gasteiger partial charge on any atom is 0.490 e. The fourth-order valence-corrected chi connectivity index (χ4v) is 4.21. The van der Waals surface area contributed by atoms with Crippen LogP contribution in [-0.4, -0.2) is 75.1 Å². The SMILES string of the molecule is CN(C)Cc1cn(CC2CCN(C(=O)C3CCCCCC3)CC2)nn1.O=C(O)C(F)(F)F. The molecule has 2 heterocycles. The Balaban J connectivity index is 0.000000451. The van der Waals surface area contributed by atoms with Gasteiger partial charge >= 0.3 is 12.1 Å². The van der Waals surface area contributed by atoms with E-state index in [9.17, 15) is 18.0 Å². The molecule has 0 bridgehead atoms. The molecule has 0 radical (unpaired) electrons. The number of likely N-dealkylation sites (tertiary alicyclic amines) is 1. The van der Waals surface area contributed by atoms with Crippen LogP contribution in [0.2, 0.25) is 0 Å². The van der Waals surface area contributed by atoms with Crippen LogP contribution >= 0.6 is 0 Å². The first-order valence-electron chi connectivity index (χ1n) is 11.2. The molecule has 2 aliphatic rings. The van der Waals surface area contributed by atoms with Crippen LogP contribution in [0.1, 0.15) is 57.1 Å². The van der Waals surface area contributed by atoms with Gasteiger partial charge in [-0.25, -0.2) is 4.79 Å². The molecule has 1 aliphatic heterocycles. The number of halogens is 3. The molecule has 1 aromatic rings. The summed E-state index contributed by atoms with van der Waals surface area (Å²) >= 11 is 0. The van der Waals surface area contributed by atoms with E-state index in [0.717, 1.165) is 57.6 Å². The molecular weight excluding hydrogens is 427 g/mol. The molecule has 1 N–H and O–H groups in total. The van der Waals surface area contributed by atoms with Crippen LogP contribution in [0.15, 0.2) is 6.20 Å². The summed E-state index contributed by atoms with van der Waals surface area (Å²) < 4.78 is 33.7. The van der Waals surface area contributed by atoms with E-state index >= 15 is 0 Å². The minimum absolute atomic E-state index is 0.294. The summed E-state index contributed by atoms with van der Waals surface area (Å²) in [4.78, 5) is 25.9. The zero-order valence-electron chi connectivity index (χ0n) is 18.9. The number of hydrogen-bond acceptors (Lipinski definition) is 5. The highest BCUT2D eigenvalue weighted by Crippen LogP contribution is 2.27. The summed E-state index contributed by atoms with van der Waals surface area (Å²) in [6.45, 7) is 3.58. The Morgan fingerprint density at radius 2 is 1.66 bits per heavy atom. The van der Waals surface area contributed by atoms with Crippen molar-refractivity contribution in [2.45, 2.75) is 70.6 Å². The number of aliphatic carboxylic acids is 1. The Morgan fingerprint density at radius 3 is 2.16 bits per heavy atom. The van der Waals surface area contributed by atoms with Crippen molar-refractivity contribution in [3.63, 3.8) is 0 Å². The smallest absolute Gasteiger partial charge is 0.475 e. The third-order valence-electron chi connectivity index (χ3n) is 5.88. The molecular formula is C21H34F3N5O3. The monoisotopic (exact) mass is 461 g/mol. The number of carbonyl (C=O) groups is 2. The van der Waals surface area contributed by atoms with Crippen molar-refractivity contribution in [2.24, 2.45) is 11.8 Å². The molecule has 0 atom stereocenters.